The number of nitrogens with zero attached hydrogens (tertiary/aromatic N) is 2. The van der Waals surface area contributed by atoms with E-state index in [4.69, 9.17) is 4.74 Å². The number of thiazole rings is 1. The number of esters is 1. The number of hydrogen-bond donors (Lipinski definition) is 0. The van der Waals surface area contributed by atoms with Crippen molar-refractivity contribution in [2.75, 3.05) is 6.61 Å². The van der Waals surface area contributed by atoms with Gasteiger partial charge in [0.2, 0.25) is 0 Å². The molecule has 146 valence electrons. The molecular weight excluding hydrogens is 400 g/mol. The van der Waals surface area contributed by atoms with Gasteiger partial charge in [-0.15, -0.1) is 0 Å². The van der Waals surface area contributed by atoms with Crippen LogP contribution in [0.5, 0.6) is 0 Å². The van der Waals surface area contributed by atoms with Gasteiger partial charge in [-0.1, -0.05) is 11.3 Å². The van der Waals surface area contributed by atoms with Crippen molar-refractivity contribution in [1.29, 1.82) is 0 Å². The summed E-state index contributed by atoms with van der Waals surface area (Å²) >= 11 is 0.735. The Morgan fingerprint density at radius 1 is 1.07 bits per heavy atom. The SMILES string of the molecule is CCOC(=O)Cn1c(=NC(=O)c2ccc(F)cc2F)sc2cc(F)cc(F)c21. The lowest BCUT2D eigenvalue weighted by Crippen LogP contribution is -2.23. The molecule has 0 unspecified atom stereocenters. The molecule has 0 aliphatic carbocycles. The maximum Gasteiger partial charge on any atom is 0.326 e. The molecule has 0 spiro atoms. The molecule has 5 nitrogen and oxygen atoms in total. The first-order valence-corrected chi connectivity index (χ1v) is 8.80. The normalized spacial score (nSPS) is 11.8. The van der Waals surface area contributed by atoms with Crippen LogP contribution in [0.2, 0.25) is 0 Å². The zero-order valence-corrected chi connectivity index (χ0v) is 15.2. The first kappa shape index (κ1) is 19.7. The number of ether oxygens (including phenoxy) is 1. The predicted octanol–water partition coefficient (Wildman–Crippen LogP) is 3.56. The Kier molecular flexibility index (Phi) is 5.59. The summed E-state index contributed by atoms with van der Waals surface area (Å²) in [4.78, 5) is 27.7. The fraction of sp³-hybridized carbons (Fsp3) is 0.167. The molecule has 0 radical (unpaired) electrons. The molecule has 0 atom stereocenters. The molecule has 1 heterocycles. The smallest absolute Gasteiger partial charge is 0.326 e. The van der Waals surface area contributed by atoms with Gasteiger partial charge >= 0.3 is 5.97 Å². The van der Waals surface area contributed by atoms with E-state index in [0.717, 1.165) is 34.1 Å². The molecule has 2 aromatic carbocycles. The Labute approximate surface area is 159 Å². The quantitative estimate of drug-likeness (QED) is 0.486. The first-order valence-electron chi connectivity index (χ1n) is 7.98. The number of benzene rings is 2. The van der Waals surface area contributed by atoms with Gasteiger partial charge in [-0.25, -0.2) is 17.6 Å². The van der Waals surface area contributed by atoms with E-state index >= 15 is 0 Å². The largest absolute Gasteiger partial charge is 0.465 e. The molecule has 0 N–H and O–H groups in total. The molecule has 0 saturated carbocycles. The molecule has 1 aromatic heterocycles. The van der Waals surface area contributed by atoms with Crippen molar-refractivity contribution in [2.24, 2.45) is 4.99 Å². The van der Waals surface area contributed by atoms with Gasteiger partial charge in [0, 0.05) is 12.1 Å². The molecule has 0 bridgehead atoms. The number of rotatable bonds is 4. The van der Waals surface area contributed by atoms with Crippen molar-refractivity contribution >= 4 is 33.4 Å². The lowest BCUT2D eigenvalue weighted by molar-refractivity contribution is -0.143. The molecular formula is C18H12F4N2O3S. The summed E-state index contributed by atoms with van der Waals surface area (Å²) in [5.41, 5.74) is -0.654. The van der Waals surface area contributed by atoms with Gasteiger partial charge < -0.3 is 9.30 Å². The average molecular weight is 412 g/mol. The van der Waals surface area contributed by atoms with Gasteiger partial charge in [0.1, 0.15) is 24.0 Å². The molecule has 0 aliphatic heterocycles. The Morgan fingerprint density at radius 3 is 2.46 bits per heavy atom. The van der Waals surface area contributed by atoms with Crippen LogP contribution in [0.3, 0.4) is 0 Å². The van der Waals surface area contributed by atoms with E-state index in [1.165, 1.54) is 0 Å². The van der Waals surface area contributed by atoms with Gasteiger partial charge in [-0.2, -0.15) is 4.99 Å². The fourth-order valence-electron chi connectivity index (χ4n) is 2.51. The number of fused-ring (bicyclic) bond motifs is 1. The van der Waals surface area contributed by atoms with Crippen molar-refractivity contribution in [3.8, 4) is 0 Å². The number of halogens is 4. The van der Waals surface area contributed by atoms with Crippen LogP contribution in [-0.2, 0) is 16.1 Å². The van der Waals surface area contributed by atoms with E-state index in [2.05, 4.69) is 4.99 Å². The molecule has 0 aliphatic rings. The molecule has 0 fully saturated rings. The third kappa shape index (κ3) is 3.96. The van der Waals surface area contributed by atoms with Gasteiger partial charge in [0.05, 0.1) is 22.4 Å². The highest BCUT2D eigenvalue weighted by Crippen LogP contribution is 2.22. The van der Waals surface area contributed by atoms with Gasteiger partial charge in [-0.3, -0.25) is 9.59 Å². The topological polar surface area (TPSA) is 60.7 Å². The Balaban J connectivity index is 2.18. The van der Waals surface area contributed by atoms with Gasteiger partial charge in [0.25, 0.3) is 5.91 Å². The van der Waals surface area contributed by atoms with E-state index in [0.29, 0.717) is 12.1 Å². The van der Waals surface area contributed by atoms with Crippen LogP contribution < -0.4 is 4.80 Å². The van der Waals surface area contributed by atoms with Crippen LogP contribution in [0.15, 0.2) is 35.3 Å². The first-order chi connectivity index (χ1) is 13.3. The number of hydrogen-bond acceptors (Lipinski definition) is 4. The third-order valence-electron chi connectivity index (χ3n) is 3.65. The number of carbonyl (C=O) groups excluding carboxylic acids is 2. The van der Waals surface area contributed by atoms with Crippen LogP contribution in [0, 0.1) is 23.3 Å². The predicted molar refractivity (Wildman–Crippen MR) is 92.6 cm³/mol. The van der Waals surface area contributed by atoms with Crippen molar-refractivity contribution < 1.29 is 31.9 Å². The Bertz CT molecular complexity index is 1150. The van der Waals surface area contributed by atoms with Crippen LogP contribution in [-0.4, -0.2) is 23.1 Å². The van der Waals surface area contributed by atoms with Crippen molar-refractivity contribution in [3.63, 3.8) is 0 Å². The molecule has 10 heteroatoms. The molecule has 28 heavy (non-hydrogen) atoms. The second kappa shape index (κ2) is 7.93. The molecule has 3 aromatic rings. The van der Waals surface area contributed by atoms with Crippen molar-refractivity contribution in [1.82, 2.24) is 4.57 Å². The Morgan fingerprint density at radius 2 is 1.79 bits per heavy atom. The minimum absolute atomic E-state index is 0.0742. The average Bonchev–Trinajstić information content (AvgIpc) is 2.91. The highest BCUT2D eigenvalue weighted by molar-refractivity contribution is 7.16. The number of carbonyl (C=O) groups is 2. The van der Waals surface area contributed by atoms with Gasteiger partial charge in [-0.05, 0) is 25.1 Å². The van der Waals surface area contributed by atoms with Crippen molar-refractivity contribution in [3.05, 3.63) is 64.0 Å². The van der Waals surface area contributed by atoms with Crippen LogP contribution in [0.4, 0.5) is 17.6 Å². The molecule has 1 amide bonds. The van der Waals surface area contributed by atoms with E-state index in [1.807, 2.05) is 0 Å². The summed E-state index contributed by atoms with van der Waals surface area (Å²) in [6.07, 6.45) is 0. The van der Waals surface area contributed by atoms with E-state index in [9.17, 15) is 27.2 Å². The zero-order chi connectivity index (χ0) is 20.4. The fourth-order valence-corrected chi connectivity index (χ4v) is 3.57. The summed E-state index contributed by atoms with van der Waals surface area (Å²) in [5.74, 6) is -5.60. The van der Waals surface area contributed by atoms with Crippen LogP contribution in [0.25, 0.3) is 10.2 Å². The number of aromatic nitrogens is 1. The van der Waals surface area contributed by atoms with Crippen LogP contribution >= 0.6 is 11.3 Å². The maximum absolute atomic E-state index is 14.3. The van der Waals surface area contributed by atoms with E-state index in [-0.39, 0.29) is 21.6 Å². The lowest BCUT2D eigenvalue weighted by atomic mass is 10.2. The second-order valence-electron chi connectivity index (χ2n) is 5.55. The summed E-state index contributed by atoms with van der Waals surface area (Å²) in [5, 5.41) is 0. The summed E-state index contributed by atoms with van der Waals surface area (Å²) in [6, 6.07) is 3.97. The minimum atomic E-state index is -1.12. The zero-order valence-electron chi connectivity index (χ0n) is 14.3. The summed E-state index contributed by atoms with van der Waals surface area (Å²) < 4.78 is 60.6. The maximum atomic E-state index is 14.3. The van der Waals surface area contributed by atoms with E-state index in [1.54, 1.807) is 6.92 Å². The van der Waals surface area contributed by atoms with Crippen LogP contribution in [0.1, 0.15) is 17.3 Å². The summed E-state index contributed by atoms with van der Waals surface area (Å²) in [7, 11) is 0. The lowest BCUT2D eigenvalue weighted by Gasteiger charge is -2.06. The standard InChI is InChI=1S/C18H12F4N2O3S/c1-2-27-15(25)8-24-16-13(22)6-10(20)7-14(16)28-18(24)23-17(26)11-4-3-9(19)5-12(11)21/h3-7H,2,8H2,1H3. The Hall–Kier alpha value is -3.01. The molecule has 3 rings (SSSR count). The van der Waals surface area contributed by atoms with Gasteiger partial charge in [0.15, 0.2) is 10.6 Å². The monoisotopic (exact) mass is 412 g/mol. The highest BCUT2D eigenvalue weighted by atomic mass is 32.1. The second-order valence-corrected chi connectivity index (χ2v) is 6.56. The third-order valence-corrected chi connectivity index (χ3v) is 4.67. The van der Waals surface area contributed by atoms with Crippen molar-refractivity contribution in [2.45, 2.75) is 13.5 Å². The highest BCUT2D eigenvalue weighted by Gasteiger charge is 2.18. The number of amides is 1. The molecule has 0 saturated heterocycles. The van der Waals surface area contributed by atoms with E-state index < -0.39 is 47.3 Å². The summed E-state index contributed by atoms with van der Waals surface area (Å²) in [6.45, 7) is 1.16. The minimum Gasteiger partial charge on any atom is -0.465 e.